The summed E-state index contributed by atoms with van der Waals surface area (Å²) in [4.78, 5) is 62.5. The third kappa shape index (κ3) is 9.77. The number of hydrogen-bond donors (Lipinski definition) is 5. The van der Waals surface area contributed by atoms with Gasteiger partial charge in [-0.2, -0.15) is 0 Å². The van der Waals surface area contributed by atoms with Crippen LogP contribution in [0.3, 0.4) is 0 Å². The van der Waals surface area contributed by atoms with Crippen molar-refractivity contribution in [3.63, 3.8) is 0 Å². The van der Waals surface area contributed by atoms with Crippen molar-refractivity contribution in [3.8, 4) is 5.75 Å². The fourth-order valence-corrected chi connectivity index (χ4v) is 3.64. The molecule has 2 rings (SSSR count). The van der Waals surface area contributed by atoms with Crippen LogP contribution < -0.4 is 21.1 Å². The highest BCUT2D eigenvalue weighted by molar-refractivity contribution is 6.00. The molecule has 0 bridgehead atoms. The van der Waals surface area contributed by atoms with Gasteiger partial charge < -0.3 is 35.8 Å². The van der Waals surface area contributed by atoms with Crippen molar-refractivity contribution in [1.82, 2.24) is 15.5 Å². The van der Waals surface area contributed by atoms with Crippen molar-refractivity contribution in [2.45, 2.75) is 25.8 Å². The molecule has 3 amide bonds. The Labute approximate surface area is 243 Å². The number of nitrogen functional groups attached to an aromatic ring is 1. The summed E-state index contributed by atoms with van der Waals surface area (Å²) in [6.07, 6.45) is 0.609. The van der Waals surface area contributed by atoms with Crippen molar-refractivity contribution >= 4 is 41.6 Å². The highest BCUT2D eigenvalue weighted by Crippen LogP contribution is 2.25. The average Bonchev–Trinajstić information content (AvgIpc) is 2.95. The number of aliphatic carboxylic acids is 1. The molecule has 6 N–H and O–H groups in total. The Hall–Kier alpha value is -5.20. The van der Waals surface area contributed by atoms with E-state index < -0.39 is 36.2 Å². The first kappa shape index (κ1) is 33.0. The molecule has 0 aliphatic rings. The lowest BCUT2D eigenvalue weighted by atomic mass is 10.0. The van der Waals surface area contributed by atoms with E-state index in [1.165, 1.54) is 60.5 Å². The van der Waals surface area contributed by atoms with Crippen molar-refractivity contribution < 1.29 is 38.6 Å². The van der Waals surface area contributed by atoms with E-state index in [0.717, 1.165) is 0 Å². The Morgan fingerprint density at radius 3 is 2.21 bits per heavy atom. The zero-order valence-corrected chi connectivity index (χ0v) is 23.9. The number of nitrogens with zero attached hydrogens (tertiary/aromatic N) is 1. The molecule has 0 fully saturated rings. The Morgan fingerprint density at radius 2 is 1.67 bits per heavy atom. The maximum Gasteiger partial charge on any atom is 0.332 e. The predicted octanol–water partition coefficient (Wildman–Crippen LogP) is 1.41. The van der Waals surface area contributed by atoms with E-state index >= 15 is 0 Å². The summed E-state index contributed by atoms with van der Waals surface area (Å²) in [7, 11) is 4.61. The summed E-state index contributed by atoms with van der Waals surface area (Å²) in [6, 6.07) is 9.48. The van der Waals surface area contributed by atoms with E-state index in [9.17, 15) is 29.1 Å². The highest BCUT2D eigenvalue weighted by atomic mass is 16.5. The number of amides is 3. The molecule has 2 aromatic carbocycles. The SMILES string of the molecule is CCOC(=O)C[C@H](COc1cc(C(=N)N)ccc1C=C(CC(=O)NC)C(=O)O)NC(=O)c1ccc(C(=O)N(C)C)cc1. The van der Waals surface area contributed by atoms with E-state index in [1.807, 2.05) is 0 Å². The maximum atomic E-state index is 13.0. The van der Waals surface area contributed by atoms with Crippen LogP contribution in [0.2, 0.25) is 0 Å². The highest BCUT2D eigenvalue weighted by Gasteiger charge is 2.21. The summed E-state index contributed by atoms with van der Waals surface area (Å²) in [5.74, 6) is -3.34. The van der Waals surface area contributed by atoms with Crippen LogP contribution in [0.5, 0.6) is 5.75 Å². The Kier molecular flexibility index (Phi) is 12.2. The molecule has 2 aromatic rings. The van der Waals surface area contributed by atoms with Crippen LogP contribution in [-0.4, -0.2) is 85.9 Å². The zero-order valence-electron chi connectivity index (χ0n) is 23.9. The number of amidine groups is 1. The number of nitrogens with one attached hydrogen (secondary N) is 3. The molecule has 0 unspecified atom stereocenters. The molecule has 0 saturated heterocycles. The van der Waals surface area contributed by atoms with Gasteiger partial charge in [-0.05, 0) is 43.3 Å². The van der Waals surface area contributed by atoms with Crippen LogP contribution in [-0.2, 0) is 19.1 Å². The molecule has 13 nitrogen and oxygen atoms in total. The quantitative estimate of drug-likeness (QED) is 0.0946. The minimum absolute atomic E-state index is 0.105. The normalized spacial score (nSPS) is 11.6. The summed E-state index contributed by atoms with van der Waals surface area (Å²) in [5.41, 5.74) is 6.58. The van der Waals surface area contributed by atoms with Crippen LogP contribution in [0.4, 0.5) is 0 Å². The van der Waals surface area contributed by atoms with Gasteiger partial charge in [0, 0.05) is 49.0 Å². The van der Waals surface area contributed by atoms with Gasteiger partial charge in [-0.3, -0.25) is 24.6 Å². The largest absolute Gasteiger partial charge is 0.491 e. The van der Waals surface area contributed by atoms with Crippen LogP contribution in [0.1, 0.15) is 51.6 Å². The van der Waals surface area contributed by atoms with E-state index in [2.05, 4.69) is 10.6 Å². The Bertz CT molecular complexity index is 1370. The van der Waals surface area contributed by atoms with Gasteiger partial charge in [0.05, 0.1) is 25.5 Å². The number of benzene rings is 2. The minimum atomic E-state index is -1.31. The monoisotopic (exact) mass is 581 g/mol. The summed E-state index contributed by atoms with van der Waals surface area (Å²) >= 11 is 0. The van der Waals surface area contributed by atoms with E-state index in [-0.39, 0.29) is 59.4 Å². The summed E-state index contributed by atoms with van der Waals surface area (Å²) in [6.45, 7) is 1.52. The molecule has 1 atom stereocenters. The minimum Gasteiger partial charge on any atom is -0.491 e. The lowest BCUT2D eigenvalue weighted by Crippen LogP contribution is -2.41. The predicted molar refractivity (Wildman–Crippen MR) is 154 cm³/mol. The first-order chi connectivity index (χ1) is 19.9. The van der Waals surface area contributed by atoms with Gasteiger partial charge in [-0.15, -0.1) is 0 Å². The molecule has 0 aliphatic heterocycles. The average molecular weight is 582 g/mol. The molecule has 42 heavy (non-hydrogen) atoms. The first-order valence-electron chi connectivity index (χ1n) is 12.9. The molecule has 0 aliphatic carbocycles. The number of ether oxygens (including phenoxy) is 2. The number of rotatable bonds is 14. The lowest BCUT2D eigenvalue weighted by molar-refractivity contribution is -0.143. The van der Waals surface area contributed by atoms with E-state index in [0.29, 0.717) is 5.56 Å². The van der Waals surface area contributed by atoms with Crippen LogP contribution >= 0.6 is 0 Å². The van der Waals surface area contributed by atoms with Gasteiger partial charge in [0.2, 0.25) is 5.91 Å². The summed E-state index contributed by atoms with van der Waals surface area (Å²) in [5, 5.41) is 22.4. The van der Waals surface area contributed by atoms with Crippen LogP contribution in [0.25, 0.3) is 6.08 Å². The second-order valence-electron chi connectivity index (χ2n) is 9.26. The number of nitrogens with two attached hydrogens (primary N) is 1. The third-order valence-electron chi connectivity index (χ3n) is 5.85. The number of carboxylic acid groups (broad SMARTS) is 1. The lowest BCUT2D eigenvalue weighted by Gasteiger charge is -2.20. The molecule has 224 valence electrons. The third-order valence-corrected chi connectivity index (χ3v) is 5.85. The van der Waals surface area contributed by atoms with Gasteiger partial charge in [0.25, 0.3) is 11.8 Å². The number of carbonyl (C=O) groups excluding carboxylic acids is 4. The molecule has 0 aromatic heterocycles. The van der Waals surface area contributed by atoms with Crippen molar-refractivity contribution in [3.05, 3.63) is 70.3 Å². The molecular formula is C29H35N5O8. The number of carboxylic acids is 1. The first-order valence-corrected chi connectivity index (χ1v) is 12.9. The van der Waals surface area contributed by atoms with Gasteiger partial charge in [0.1, 0.15) is 18.2 Å². The maximum absolute atomic E-state index is 13.0. The van der Waals surface area contributed by atoms with Crippen molar-refractivity contribution in [2.24, 2.45) is 5.73 Å². The smallest absolute Gasteiger partial charge is 0.332 e. The van der Waals surface area contributed by atoms with Crippen molar-refractivity contribution in [1.29, 1.82) is 5.41 Å². The number of esters is 1. The zero-order chi connectivity index (χ0) is 31.4. The van der Waals surface area contributed by atoms with Gasteiger partial charge in [0.15, 0.2) is 0 Å². The van der Waals surface area contributed by atoms with E-state index in [1.54, 1.807) is 21.0 Å². The molecular weight excluding hydrogens is 546 g/mol. The fraction of sp³-hybridized carbons (Fsp3) is 0.310. The Balaban J connectivity index is 2.36. The van der Waals surface area contributed by atoms with E-state index in [4.69, 9.17) is 20.6 Å². The molecule has 0 saturated carbocycles. The second-order valence-corrected chi connectivity index (χ2v) is 9.26. The summed E-state index contributed by atoms with van der Waals surface area (Å²) < 4.78 is 11.0. The molecule has 13 heteroatoms. The topological polar surface area (TPSA) is 201 Å². The second kappa shape index (κ2) is 15.6. The van der Waals surface area contributed by atoms with Crippen LogP contribution in [0.15, 0.2) is 48.0 Å². The standard InChI is InChI=1S/C29H35N5O8/c1-5-41-25(36)15-22(33-27(37)17-6-8-18(9-7-17)28(38)34(3)4)16-42-23-13-20(26(30)31)11-10-19(23)12-21(29(39)40)14-24(35)32-2/h6-13,22H,5,14-16H2,1-4H3,(H3,30,31)(H,32,35)(H,33,37)(H,39,40)/t22-/m1/s1. The Morgan fingerprint density at radius 1 is 1.05 bits per heavy atom. The van der Waals surface area contributed by atoms with Gasteiger partial charge in [-0.25, -0.2) is 4.79 Å². The number of carbonyl (C=O) groups is 5. The van der Waals surface area contributed by atoms with Crippen LogP contribution in [0, 0.1) is 5.41 Å². The molecule has 0 radical (unpaired) electrons. The molecule has 0 spiro atoms. The fourth-order valence-electron chi connectivity index (χ4n) is 3.64. The van der Waals surface area contributed by atoms with Gasteiger partial charge >= 0.3 is 11.9 Å². The number of hydrogen-bond acceptors (Lipinski definition) is 8. The van der Waals surface area contributed by atoms with Gasteiger partial charge in [-0.1, -0.05) is 12.1 Å². The molecule has 0 heterocycles. The van der Waals surface area contributed by atoms with Crippen molar-refractivity contribution in [2.75, 3.05) is 34.4 Å².